The smallest absolute Gasteiger partial charge is 0.0594 e. The van der Waals surface area contributed by atoms with Gasteiger partial charge in [-0.15, -0.1) is 0 Å². The Morgan fingerprint density at radius 1 is 1.46 bits per heavy atom. The lowest BCUT2D eigenvalue weighted by atomic mass is 10.3. The summed E-state index contributed by atoms with van der Waals surface area (Å²) < 4.78 is 7.12. The van der Waals surface area contributed by atoms with Gasteiger partial charge in [-0.25, -0.2) is 0 Å². The summed E-state index contributed by atoms with van der Waals surface area (Å²) in [5.41, 5.74) is 1.28. The first-order valence-electron chi connectivity index (χ1n) is 4.62. The fraction of sp³-hybridized carbons (Fsp3) is 0.667. The number of hydrogen-bond acceptors (Lipinski definition) is 3. The maximum absolute atomic E-state index is 5.28. The van der Waals surface area contributed by atoms with Crippen LogP contribution in [0.3, 0.4) is 0 Å². The van der Waals surface area contributed by atoms with Gasteiger partial charge in [0.05, 0.1) is 19.4 Å². The second kappa shape index (κ2) is 3.89. The minimum absolute atomic E-state index is 0.861. The molecule has 2 rings (SSSR count). The molecule has 1 aromatic rings. The number of rotatable bonds is 2. The standard InChI is InChI=1S/C9H15N3O/c1-11-7-9(6-10-11)8-12-2-4-13-5-3-12/h6-7H,2-5,8H2,1H3. The van der Waals surface area contributed by atoms with Gasteiger partial charge in [-0.1, -0.05) is 0 Å². The first-order chi connectivity index (χ1) is 6.34. The second-order valence-corrected chi connectivity index (χ2v) is 3.41. The SMILES string of the molecule is Cn1cc(CN2CCOCC2)cn1. The fourth-order valence-electron chi connectivity index (χ4n) is 1.57. The zero-order valence-corrected chi connectivity index (χ0v) is 7.94. The lowest BCUT2D eigenvalue weighted by Crippen LogP contribution is -2.35. The topological polar surface area (TPSA) is 30.3 Å². The maximum Gasteiger partial charge on any atom is 0.0594 e. The van der Waals surface area contributed by atoms with Crippen molar-refractivity contribution in [2.24, 2.45) is 7.05 Å². The van der Waals surface area contributed by atoms with Gasteiger partial charge in [-0.05, 0) is 0 Å². The molecule has 0 atom stereocenters. The van der Waals surface area contributed by atoms with Crippen LogP contribution < -0.4 is 0 Å². The van der Waals surface area contributed by atoms with E-state index in [1.165, 1.54) is 5.56 Å². The summed E-state index contributed by atoms with van der Waals surface area (Å²) in [7, 11) is 1.95. The highest BCUT2D eigenvalue weighted by molar-refractivity contribution is 5.03. The van der Waals surface area contributed by atoms with E-state index in [0.717, 1.165) is 32.8 Å². The van der Waals surface area contributed by atoms with Gasteiger partial charge in [0.25, 0.3) is 0 Å². The Hall–Kier alpha value is -0.870. The quantitative estimate of drug-likeness (QED) is 0.655. The van der Waals surface area contributed by atoms with E-state index in [9.17, 15) is 0 Å². The molecule has 1 aliphatic rings. The lowest BCUT2D eigenvalue weighted by Gasteiger charge is -2.25. The van der Waals surface area contributed by atoms with E-state index in [-0.39, 0.29) is 0 Å². The van der Waals surface area contributed by atoms with Crippen molar-refractivity contribution in [2.75, 3.05) is 26.3 Å². The van der Waals surface area contributed by atoms with Gasteiger partial charge in [-0.2, -0.15) is 5.10 Å². The normalized spacial score (nSPS) is 19.2. The minimum atomic E-state index is 0.861. The van der Waals surface area contributed by atoms with Crippen LogP contribution in [0, 0.1) is 0 Å². The molecule has 0 unspecified atom stereocenters. The van der Waals surface area contributed by atoms with Crippen molar-refractivity contribution in [3.8, 4) is 0 Å². The Bertz CT molecular complexity index is 266. The molecule has 1 saturated heterocycles. The first-order valence-corrected chi connectivity index (χ1v) is 4.62. The monoisotopic (exact) mass is 181 g/mol. The third-order valence-electron chi connectivity index (χ3n) is 2.27. The third-order valence-corrected chi connectivity index (χ3v) is 2.27. The van der Waals surface area contributed by atoms with Crippen LogP contribution in [0.2, 0.25) is 0 Å². The van der Waals surface area contributed by atoms with Crippen molar-refractivity contribution in [2.45, 2.75) is 6.54 Å². The molecule has 13 heavy (non-hydrogen) atoms. The van der Waals surface area contributed by atoms with Crippen molar-refractivity contribution < 1.29 is 4.74 Å². The van der Waals surface area contributed by atoms with Crippen LogP contribution in [0.25, 0.3) is 0 Å². The Labute approximate surface area is 78.1 Å². The van der Waals surface area contributed by atoms with E-state index in [0.29, 0.717) is 0 Å². The number of aryl methyl sites for hydroxylation is 1. The molecule has 4 heteroatoms. The van der Waals surface area contributed by atoms with Gasteiger partial charge in [0.1, 0.15) is 0 Å². The minimum Gasteiger partial charge on any atom is -0.379 e. The zero-order chi connectivity index (χ0) is 9.10. The summed E-state index contributed by atoms with van der Waals surface area (Å²) >= 11 is 0. The predicted octanol–water partition coefficient (Wildman–Crippen LogP) is 0.252. The van der Waals surface area contributed by atoms with Crippen molar-refractivity contribution in [1.82, 2.24) is 14.7 Å². The van der Waals surface area contributed by atoms with Crippen LogP contribution in [0.15, 0.2) is 12.4 Å². The summed E-state index contributed by atoms with van der Waals surface area (Å²) in [6, 6.07) is 0. The van der Waals surface area contributed by atoms with Crippen molar-refractivity contribution in [1.29, 1.82) is 0 Å². The molecule has 2 heterocycles. The second-order valence-electron chi connectivity index (χ2n) is 3.41. The molecule has 4 nitrogen and oxygen atoms in total. The lowest BCUT2D eigenvalue weighted by molar-refractivity contribution is 0.0342. The van der Waals surface area contributed by atoms with E-state index in [4.69, 9.17) is 4.74 Å². The molecule has 0 N–H and O–H groups in total. The van der Waals surface area contributed by atoms with E-state index in [2.05, 4.69) is 16.2 Å². The van der Waals surface area contributed by atoms with Crippen LogP contribution in [-0.4, -0.2) is 41.0 Å². The fourth-order valence-corrected chi connectivity index (χ4v) is 1.57. The van der Waals surface area contributed by atoms with Gasteiger partial charge >= 0.3 is 0 Å². The average Bonchev–Trinajstić information content (AvgIpc) is 2.53. The van der Waals surface area contributed by atoms with E-state index in [1.807, 2.05) is 17.9 Å². The largest absolute Gasteiger partial charge is 0.379 e. The van der Waals surface area contributed by atoms with Crippen LogP contribution in [0.5, 0.6) is 0 Å². The zero-order valence-electron chi connectivity index (χ0n) is 7.94. The van der Waals surface area contributed by atoms with Gasteiger partial charge in [0, 0.05) is 38.4 Å². The molecule has 0 bridgehead atoms. The first kappa shape index (κ1) is 8.72. The maximum atomic E-state index is 5.28. The summed E-state index contributed by atoms with van der Waals surface area (Å²) in [5, 5.41) is 4.14. The highest BCUT2D eigenvalue weighted by Crippen LogP contribution is 2.05. The Morgan fingerprint density at radius 3 is 2.85 bits per heavy atom. The Balaban J connectivity index is 1.89. The third kappa shape index (κ3) is 2.29. The molecule has 0 spiro atoms. The molecule has 0 aromatic carbocycles. The van der Waals surface area contributed by atoms with Crippen LogP contribution in [0.4, 0.5) is 0 Å². The highest BCUT2D eigenvalue weighted by atomic mass is 16.5. The average molecular weight is 181 g/mol. The molecule has 0 amide bonds. The van der Waals surface area contributed by atoms with Gasteiger partial charge in [0.15, 0.2) is 0 Å². The Kier molecular flexibility index (Phi) is 2.61. The van der Waals surface area contributed by atoms with Gasteiger partial charge in [0.2, 0.25) is 0 Å². The molecular formula is C9H15N3O. The van der Waals surface area contributed by atoms with Crippen molar-refractivity contribution in [3.05, 3.63) is 18.0 Å². The molecular weight excluding hydrogens is 166 g/mol. The van der Waals surface area contributed by atoms with E-state index >= 15 is 0 Å². The molecule has 0 radical (unpaired) electrons. The van der Waals surface area contributed by atoms with Crippen LogP contribution in [-0.2, 0) is 18.3 Å². The summed E-state index contributed by atoms with van der Waals surface area (Å²) in [6.07, 6.45) is 3.99. The molecule has 0 saturated carbocycles. The molecule has 1 aliphatic heterocycles. The Morgan fingerprint density at radius 2 is 2.23 bits per heavy atom. The van der Waals surface area contributed by atoms with E-state index in [1.54, 1.807) is 0 Å². The summed E-state index contributed by atoms with van der Waals surface area (Å²) in [6.45, 7) is 4.79. The van der Waals surface area contributed by atoms with Gasteiger partial charge < -0.3 is 4.74 Å². The van der Waals surface area contributed by atoms with Crippen molar-refractivity contribution >= 4 is 0 Å². The highest BCUT2D eigenvalue weighted by Gasteiger charge is 2.10. The molecule has 1 aromatic heterocycles. The number of aromatic nitrogens is 2. The van der Waals surface area contributed by atoms with Crippen LogP contribution >= 0.6 is 0 Å². The van der Waals surface area contributed by atoms with Gasteiger partial charge in [-0.3, -0.25) is 9.58 Å². The predicted molar refractivity (Wildman–Crippen MR) is 49.3 cm³/mol. The van der Waals surface area contributed by atoms with Crippen LogP contribution in [0.1, 0.15) is 5.56 Å². The molecule has 1 fully saturated rings. The summed E-state index contributed by atoms with van der Waals surface area (Å²) in [5.74, 6) is 0. The molecule has 0 aliphatic carbocycles. The van der Waals surface area contributed by atoms with E-state index < -0.39 is 0 Å². The van der Waals surface area contributed by atoms with Crippen molar-refractivity contribution in [3.63, 3.8) is 0 Å². The number of nitrogens with zero attached hydrogens (tertiary/aromatic N) is 3. The number of hydrogen-bond donors (Lipinski definition) is 0. The molecule has 72 valence electrons. The summed E-state index contributed by atoms with van der Waals surface area (Å²) in [4.78, 5) is 2.39. The number of ether oxygens (including phenoxy) is 1. The number of morpholine rings is 1.